The molecule has 250 valence electrons. The molecule has 0 fully saturated rings. The number of aliphatic carboxylic acids is 1. The Morgan fingerprint density at radius 1 is 0.511 bits per heavy atom. The van der Waals surface area contributed by atoms with Crippen LogP contribution in [0.4, 0.5) is 0 Å². The van der Waals surface area contributed by atoms with Crippen molar-refractivity contribution in [2.24, 2.45) is 0 Å². The van der Waals surface area contributed by atoms with Crippen LogP contribution in [0.5, 0.6) is 23.0 Å². The van der Waals surface area contributed by atoms with Crippen LogP contribution < -0.4 is 18.9 Å². The number of benzene rings is 4. The van der Waals surface area contributed by atoms with Gasteiger partial charge in [0.2, 0.25) is 0 Å². The number of hydrogen-bond acceptors (Lipinski definition) is 9. The van der Waals surface area contributed by atoms with Crippen molar-refractivity contribution < 1.29 is 53.1 Å². The molecule has 0 aromatic heterocycles. The summed E-state index contributed by atoms with van der Waals surface area (Å²) < 4.78 is 24.2. The number of aromatic carboxylic acids is 1. The third kappa shape index (κ3) is 16.4. The molecule has 0 radical (unpaired) electrons. The van der Waals surface area contributed by atoms with Crippen molar-refractivity contribution in [1.29, 1.82) is 0 Å². The summed E-state index contributed by atoms with van der Waals surface area (Å²) in [5.74, 6) is 0.928. The lowest BCUT2D eigenvalue weighted by atomic mass is 10.1. The Balaban J connectivity index is 0.000000314. The second-order valence-electron chi connectivity index (χ2n) is 9.06. The van der Waals surface area contributed by atoms with E-state index >= 15 is 0 Å². The predicted octanol–water partition coefficient (Wildman–Crippen LogP) is 6.20. The minimum Gasteiger partial charge on any atom is -0.497 e. The van der Waals surface area contributed by atoms with E-state index in [-0.39, 0.29) is 18.0 Å². The van der Waals surface area contributed by atoms with Gasteiger partial charge in [-0.15, -0.1) is 0 Å². The molecule has 0 spiro atoms. The molecule has 0 aliphatic carbocycles. The lowest BCUT2D eigenvalue weighted by Gasteiger charge is -2.01. The molecule has 0 bridgehead atoms. The van der Waals surface area contributed by atoms with E-state index in [2.05, 4.69) is 4.74 Å². The summed E-state index contributed by atoms with van der Waals surface area (Å²) in [6.45, 7) is 0. The normalized spacial score (nSPS) is 9.32. The minimum atomic E-state index is -0.923. The number of esters is 1. The number of carbonyl (C=O) groups excluding carboxylic acids is 2. The first kappa shape index (κ1) is 39.5. The zero-order chi connectivity index (χ0) is 35.2. The number of carboxylic acid groups (broad SMARTS) is 2. The molecule has 4 aromatic rings. The largest absolute Gasteiger partial charge is 0.497 e. The first-order chi connectivity index (χ1) is 22.4. The molecular formula is C35H37ClO11. The first-order valence-electron chi connectivity index (χ1n) is 13.7. The van der Waals surface area contributed by atoms with Gasteiger partial charge in [-0.3, -0.25) is 14.4 Å². The van der Waals surface area contributed by atoms with Crippen LogP contribution in [0.25, 0.3) is 0 Å². The Morgan fingerprint density at radius 2 is 0.830 bits per heavy atom. The summed E-state index contributed by atoms with van der Waals surface area (Å²) >= 11 is 5.22. The molecule has 4 aromatic carbocycles. The maximum absolute atomic E-state index is 10.9. The van der Waals surface area contributed by atoms with E-state index in [0.29, 0.717) is 23.5 Å². The van der Waals surface area contributed by atoms with Gasteiger partial charge in [0.25, 0.3) is 5.24 Å². The summed E-state index contributed by atoms with van der Waals surface area (Å²) in [5.41, 5.74) is 2.45. The Bertz CT molecular complexity index is 1460. The fourth-order valence-electron chi connectivity index (χ4n) is 3.36. The number of ether oxygens (including phenoxy) is 5. The van der Waals surface area contributed by atoms with Gasteiger partial charge in [-0.25, -0.2) is 4.79 Å². The zero-order valence-corrected chi connectivity index (χ0v) is 27.4. The van der Waals surface area contributed by atoms with Gasteiger partial charge in [-0.2, -0.15) is 0 Å². The zero-order valence-electron chi connectivity index (χ0n) is 26.6. The number of hydrogen-bond donors (Lipinski definition) is 2. The van der Waals surface area contributed by atoms with E-state index in [1.165, 1.54) is 26.4 Å². The van der Waals surface area contributed by atoms with E-state index in [9.17, 15) is 19.2 Å². The van der Waals surface area contributed by atoms with E-state index in [1.807, 2.05) is 24.3 Å². The first-order valence-corrected chi connectivity index (χ1v) is 14.1. The van der Waals surface area contributed by atoms with Gasteiger partial charge in [0.15, 0.2) is 0 Å². The van der Waals surface area contributed by atoms with Crippen molar-refractivity contribution in [3.63, 3.8) is 0 Å². The molecule has 4 rings (SSSR count). The quantitative estimate of drug-likeness (QED) is 0.147. The third-order valence-corrected chi connectivity index (χ3v) is 6.12. The molecule has 0 unspecified atom stereocenters. The van der Waals surface area contributed by atoms with Crippen LogP contribution in [-0.4, -0.2) is 68.9 Å². The topological polar surface area (TPSA) is 155 Å². The number of halogens is 1. The Kier molecular flexibility index (Phi) is 18.5. The highest BCUT2D eigenvalue weighted by Crippen LogP contribution is 2.14. The molecule has 11 nitrogen and oxygen atoms in total. The van der Waals surface area contributed by atoms with Crippen molar-refractivity contribution in [2.75, 3.05) is 35.5 Å². The van der Waals surface area contributed by atoms with Gasteiger partial charge in [0, 0.05) is 5.56 Å². The highest BCUT2D eigenvalue weighted by Gasteiger charge is 2.03. The standard InChI is InChI=1S/C10H12O3.C9H10O3.C8H7ClO2.C8H8O3/c1-12-9-5-3-8(4-6-9)7-10(11)13-2;1-12-8-4-2-7(3-5-8)6-9(10)11;2*1-11-7-4-2-6(3-5-7)8(9)10/h3-6H,7H2,1-2H3;2-5H,6H2,1H3,(H,10,11);2-5H,1H3;2-5H,1H3,(H,9,10). The summed E-state index contributed by atoms with van der Waals surface area (Å²) in [4.78, 5) is 42.1. The van der Waals surface area contributed by atoms with Crippen LogP contribution in [0.2, 0.25) is 0 Å². The summed E-state index contributed by atoms with van der Waals surface area (Å²) in [6.07, 6.45) is 0.366. The lowest BCUT2D eigenvalue weighted by Crippen LogP contribution is -2.04. The molecule has 0 saturated carbocycles. The third-order valence-electron chi connectivity index (χ3n) is 5.90. The fraction of sp³-hybridized carbons (Fsp3) is 0.200. The molecule has 0 atom stereocenters. The van der Waals surface area contributed by atoms with Crippen molar-refractivity contribution >= 4 is 34.8 Å². The Labute approximate surface area is 278 Å². The van der Waals surface area contributed by atoms with Gasteiger partial charge in [0.1, 0.15) is 23.0 Å². The van der Waals surface area contributed by atoms with E-state index in [1.54, 1.807) is 82.0 Å². The van der Waals surface area contributed by atoms with Crippen molar-refractivity contribution in [2.45, 2.75) is 12.8 Å². The van der Waals surface area contributed by atoms with Crippen molar-refractivity contribution in [1.82, 2.24) is 0 Å². The minimum absolute atomic E-state index is 0.0595. The number of methoxy groups -OCH3 is 5. The van der Waals surface area contributed by atoms with E-state index < -0.39 is 17.2 Å². The molecule has 12 heteroatoms. The number of carbonyl (C=O) groups is 4. The van der Waals surface area contributed by atoms with Crippen LogP contribution in [0.15, 0.2) is 97.1 Å². The Hall–Kier alpha value is -5.55. The summed E-state index contributed by atoms with van der Waals surface area (Å²) in [6, 6.07) is 27.2. The molecule has 47 heavy (non-hydrogen) atoms. The average molecular weight is 669 g/mol. The van der Waals surface area contributed by atoms with Crippen LogP contribution >= 0.6 is 11.6 Å². The summed E-state index contributed by atoms with van der Waals surface area (Å²) in [7, 11) is 7.67. The highest BCUT2D eigenvalue weighted by atomic mass is 35.5. The van der Waals surface area contributed by atoms with Gasteiger partial charge in [-0.1, -0.05) is 24.3 Å². The number of rotatable bonds is 10. The lowest BCUT2D eigenvalue weighted by molar-refractivity contribution is -0.140. The highest BCUT2D eigenvalue weighted by molar-refractivity contribution is 6.67. The van der Waals surface area contributed by atoms with Crippen molar-refractivity contribution in [3.05, 3.63) is 119 Å². The summed E-state index contributed by atoms with van der Waals surface area (Å²) in [5, 5.41) is 16.5. The second kappa shape index (κ2) is 22.0. The predicted molar refractivity (Wildman–Crippen MR) is 176 cm³/mol. The second-order valence-corrected chi connectivity index (χ2v) is 9.40. The van der Waals surface area contributed by atoms with Crippen LogP contribution in [0.1, 0.15) is 31.8 Å². The van der Waals surface area contributed by atoms with Gasteiger partial charge in [0.05, 0.1) is 54.0 Å². The molecule has 0 amide bonds. The van der Waals surface area contributed by atoms with Crippen LogP contribution in [-0.2, 0) is 27.2 Å². The maximum Gasteiger partial charge on any atom is 0.335 e. The van der Waals surface area contributed by atoms with Gasteiger partial charge in [-0.05, 0) is 95.5 Å². The number of carboxylic acids is 2. The molecule has 0 aliphatic heterocycles. The molecular weight excluding hydrogens is 632 g/mol. The molecule has 2 N–H and O–H groups in total. The Morgan fingerprint density at radius 3 is 1.11 bits per heavy atom. The van der Waals surface area contributed by atoms with Crippen LogP contribution in [0, 0.1) is 0 Å². The van der Waals surface area contributed by atoms with E-state index in [0.717, 1.165) is 22.6 Å². The molecule has 0 saturated heterocycles. The molecule has 0 aliphatic rings. The van der Waals surface area contributed by atoms with Gasteiger partial charge < -0.3 is 33.9 Å². The van der Waals surface area contributed by atoms with Crippen LogP contribution in [0.3, 0.4) is 0 Å². The van der Waals surface area contributed by atoms with E-state index in [4.69, 9.17) is 40.8 Å². The smallest absolute Gasteiger partial charge is 0.335 e. The monoisotopic (exact) mass is 668 g/mol. The maximum atomic E-state index is 10.9. The van der Waals surface area contributed by atoms with Gasteiger partial charge >= 0.3 is 17.9 Å². The average Bonchev–Trinajstić information content (AvgIpc) is 3.09. The molecule has 0 heterocycles. The fourth-order valence-corrected chi connectivity index (χ4v) is 3.48. The SMILES string of the molecule is COC(=O)Cc1ccc(OC)cc1.COc1ccc(C(=O)Cl)cc1.COc1ccc(C(=O)O)cc1.COc1ccc(CC(=O)O)cc1. The van der Waals surface area contributed by atoms with Crippen molar-refractivity contribution in [3.8, 4) is 23.0 Å².